The van der Waals surface area contributed by atoms with Gasteiger partial charge in [0.05, 0.1) is 18.0 Å². The number of aliphatic hydroxyl groups is 1. The number of nitrogens with one attached hydrogen (secondary N) is 1. The lowest BCUT2D eigenvalue weighted by atomic mass is 10.2. The van der Waals surface area contributed by atoms with Crippen LogP contribution in [0.25, 0.3) is 5.69 Å². The molecule has 0 atom stereocenters. The van der Waals surface area contributed by atoms with Gasteiger partial charge in [0.2, 0.25) is 0 Å². The van der Waals surface area contributed by atoms with Crippen molar-refractivity contribution < 1.29 is 9.90 Å². The molecule has 7 nitrogen and oxygen atoms in total. The van der Waals surface area contributed by atoms with Crippen LogP contribution in [0.15, 0.2) is 24.3 Å². The zero-order valence-electron chi connectivity index (χ0n) is 14.5. The highest BCUT2D eigenvalue weighted by Crippen LogP contribution is 2.21. The van der Waals surface area contributed by atoms with Crippen LogP contribution in [-0.2, 0) is 0 Å². The number of hydrogen-bond acceptors (Lipinski definition) is 4. The van der Waals surface area contributed by atoms with Crippen LogP contribution in [0.1, 0.15) is 31.4 Å². The van der Waals surface area contributed by atoms with Crippen molar-refractivity contribution in [2.45, 2.75) is 33.6 Å². The SMILES string of the molecule is CCCCN(CCO)C(=O)Nc1ccccc1-n1nc(C)nc1C. The molecule has 2 amide bonds. The fraction of sp³-hybridized carbons (Fsp3) is 0.471. The molecule has 7 heteroatoms. The molecule has 1 aromatic carbocycles. The molecule has 0 bridgehead atoms. The van der Waals surface area contributed by atoms with Crippen molar-refractivity contribution in [1.82, 2.24) is 19.7 Å². The van der Waals surface area contributed by atoms with E-state index in [-0.39, 0.29) is 12.6 Å². The number of aromatic nitrogens is 3. The highest BCUT2D eigenvalue weighted by atomic mass is 16.3. The molecule has 0 saturated heterocycles. The first-order chi connectivity index (χ1) is 11.6. The van der Waals surface area contributed by atoms with Crippen LogP contribution < -0.4 is 5.32 Å². The Labute approximate surface area is 142 Å². The van der Waals surface area contributed by atoms with Crippen LogP contribution in [0.5, 0.6) is 0 Å². The maximum Gasteiger partial charge on any atom is 0.321 e. The third kappa shape index (κ3) is 4.32. The second kappa shape index (κ2) is 8.44. The summed E-state index contributed by atoms with van der Waals surface area (Å²) in [6, 6.07) is 7.25. The number of nitrogens with zero attached hydrogens (tertiary/aromatic N) is 4. The van der Waals surface area contributed by atoms with E-state index in [0.29, 0.717) is 24.6 Å². The van der Waals surface area contributed by atoms with Gasteiger partial charge in [-0.3, -0.25) is 0 Å². The largest absolute Gasteiger partial charge is 0.395 e. The third-order valence-electron chi connectivity index (χ3n) is 3.69. The van der Waals surface area contributed by atoms with Gasteiger partial charge in [0.25, 0.3) is 0 Å². The van der Waals surface area contributed by atoms with Crippen molar-refractivity contribution in [1.29, 1.82) is 0 Å². The lowest BCUT2D eigenvalue weighted by molar-refractivity contribution is 0.187. The van der Waals surface area contributed by atoms with E-state index in [1.54, 1.807) is 9.58 Å². The highest BCUT2D eigenvalue weighted by molar-refractivity contribution is 5.91. The summed E-state index contributed by atoms with van der Waals surface area (Å²) in [6.07, 6.45) is 1.89. The first-order valence-corrected chi connectivity index (χ1v) is 8.23. The fourth-order valence-corrected chi connectivity index (χ4v) is 2.49. The molecule has 0 spiro atoms. The first kappa shape index (κ1) is 17.9. The van der Waals surface area contributed by atoms with Crippen molar-refractivity contribution in [3.05, 3.63) is 35.9 Å². The molecule has 130 valence electrons. The predicted molar refractivity (Wildman–Crippen MR) is 93.4 cm³/mol. The second-order valence-corrected chi connectivity index (χ2v) is 5.63. The maximum absolute atomic E-state index is 12.5. The Morgan fingerprint density at radius 3 is 2.67 bits per heavy atom. The average Bonchev–Trinajstić information content (AvgIpc) is 2.90. The van der Waals surface area contributed by atoms with E-state index >= 15 is 0 Å². The van der Waals surface area contributed by atoms with E-state index in [9.17, 15) is 9.90 Å². The van der Waals surface area contributed by atoms with Gasteiger partial charge in [-0.05, 0) is 32.4 Å². The van der Waals surface area contributed by atoms with Gasteiger partial charge in [-0.2, -0.15) is 5.10 Å². The van der Waals surface area contributed by atoms with Gasteiger partial charge in [-0.25, -0.2) is 14.5 Å². The molecule has 2 N–H and O–H groups in total. The Balaban J connectivity index is 2.23. The zero-order valence-corrected chi connectivity index (χ0v) is 14.5. The number of carbonyl (C=O) groups excluding carboxylic acids is 1. The van der Waals surface area contributed by atoms with Gasteiger partial charge in [0.15, 0.2) is 0 Å². The Kier molecular flexibility index (Phi) is 6.31. The zero-order chi connectivity index (χ0) is 17.5. The lowest BCUT2D eigenvalue weighted by Crippen LogP contribution is -2.38. The molecule has 1 aromatic heterocycles. The smallest absolute Gasteiger partial charge is 0.321 e. The molecule has 24 heavy (non-hydrogen) atoms. The number of para-hydroxylation sites is 2. The molecular formula is C17H25N5O2. The van der Waals surface area contributed by atoms with Crippen LogP contribution in [0.4, 0.5) is 10.5 Å². The lowest BCUT2D eigenvalue weighted by Gasteiger charge is -2.22. The Hall–Kier alpha value is -2.41. The van der Waals surface area contributed by atoms with E-state index in [4.69, 9.17) is 0 Å². The molecule has 2 rings (SSSR count). The minimum Gasteiger partial charge on any atom is -0.395 e. The van der Waals surface area contributed by atoms with Crippen LogP contribution in [0.2, 0.25) is 0 Å². The summed E-state index contributed by atoms with van der Waals surface area (Å²) < 4.78 is 1.72. The summed E-state index contributed by atoms with van der Waals surface area (Å²) in [7, 11) is 0. The van der Waals surface area contributed by atoms with Gasteiger partial charge >= 0.3 is 6.03 Å². The number of rotatable bonds is 7. The minimum absolute atomic E-state index is 0.0554. The highest BCUT2D eigenvalue weighted by Gasteiger charge is 2.16. The average molecular weight is 331 g/mol. The van der Waals surface area contributed by atoms with Gasteiger partial charge < -0.3 is 15.3 Å². The van der Waals surface area contributed by atoms with Crippen molar-refractivity contribution in [3.63, 3.8) is 0 Å². The third-order valence-corrected chi connectivity index (χ3v) is 3.69. The van der Waals surface area contributed by atoms with Gasteiger partial charge in [0.1, 0.15) is 11.6 Å². The Morgan fingerprint density at radius 1 is 1.29 bits per heavy atom. The van der Waals surface area contributed by atoms with E-state index in [1.165, 1.54) is 0 Å². The number of unbranched alkanes of at least 4 members (excludes halogenated alkanes) is 1. The van der Waals surface area contributed by atoms with Gasteiger partial charge in [-0.1, -0.05) is 25.5 Å². The van der Waals surface area contributed by atoms with Crippen molar-refractivity contribution >= 4 is 11.7 Å². The predicted octanol–water partition coefficient (Wildman–Crippen LogP) is 2.51. The number of benzene rings is 1. The van der Waals surface area contributed by atoms with E-state index in [1.807, 2.05) is 38.1 Å². The summed E-state index contributed by atoms with van der Waals surface area (Å²) in [4.78, 5) is 18.5. The molecular weight excluding hydrogens is 306 g/mol. The molecule has 0 aliphatic heterocycles. The maximum atomic E-state index is 12.5. The number of aryl methyl sites for hydroxylation is 2. The van der Waals surface area contributed by atoms with Gasteiger partial charge in [0, 0.05) is 13.1 Å². The molecule has 0 aliphatic rings. The normalized spacial score (nSPS) is 10.7. The number of carbonyl (C=O) groups is 1. The molecule has 2 aromatic rings. The van der Waals surface area contributed by atoms with Crippen LogP contribution >= 0.6 is 0 Å². The van der Waals surface area contributed by atoms with Crippen molar-refractivity contribution in [2.24, 2.45) is 0 Å². The number of urea groups is 1. The second-order valence-electron chi connectivity index (χ2n) is 5.63. The molecule has 0 fully saturated rings. The Morgan fingerprint density at radius 2 is 2.04 bits per heavy atom. The molecule has 0 saturated carbocycles. The number of hydrogen-bond donors (Lipinski definition) is 2. The number of aliphatic hydroxyl groups excluding tert-OH is 1. The summed E-state index contributed by atoms with van der Waals surface area (Å²) in [5.41, 5.74) is 1.43. The fourth-order valence-electron chi connectivity index (χ4n) is 2.49. The summed E-state index contributed by atoms with van der Waals surface area (Å²) in [5.74, 6) is 1.44. The van der Waals surface area contributed by atoms with Crippen molar-refractivity contribution in [2.75, 3.05) is 25.0 Å². The minimum atomic E-state index is -0.223. The molecule has 0 unspecified atom stereocenters. The molecule has 0 aliphatic carbocycles. The van der Waals surface area contributed by atoms with E-state index in [0.717, 1.165) is 24.4 Å². The first-order valence-electron chi connectivity index (χ1n) is 8.23. The van der Waals surface area contributed by atoms with Crippen LogP contribution in [0.3, 0.4) is 0 Å². The Bertz CT molecular complexity index is 683. The standard InChI is InChI=1S/C17H25N5O2/c1-4-5-10-21(11-12-23)17(24)19-15-8-6-7-9-16(15)22-14(3)18-13(2)20-22/h6-9,23H,4-5,10-12H2,1-3H3,(H,19,24). The van der Waals surface area contributed by atoms with Gasteiger partial charge in [-0.15, -0.1) is 0 Å². The van der Waals surface area contributed by atoms with Crippen molar-refractivity contribution in [3.8, 4) is 5.69 Å². The quantitative estimate of drug-likeness (QED) is 0.816. The monoisotopic (exact) mass is 331 g/mol. The van der Waals surface area contributed by atoms with Crippen LogP contribution in [-0.4, -0.2) is 50.5 Å². The number of anilines is 1. The van der Waals surface area contributed by atoms with Crippen LogP contribution in [0, 0.1) is 13.8 Å². The molecule has 1 heterocycles. The van der Waals surface area contributed by atoms with E-state index < -0.39 is 0 Å². The summed E-state index contributed by atoms with van der Waals surface area (Å²) in [6.45, 7) is 6.65. The van der Waals surface area contributed by atoms with E-state index in [2.05, 4.69) is 22.3 Å². The number of amides is 2. The molecule has 0 radical (unpaired) electrons. The summed E-state index contributed by atoms with van der Waals surface area (Å²) >= 11 is 0. The summed E-state index contributed by atoms with van der Waals surface area (Å²) in [5, 5.41) is 16.5. The topological polar surface area (TPSA) is 83.3 Å².